The fourth-order valence-electron chi connectivity index (χ4n) is 4.47. The molecule has 2 heterocycles. The predicted molar refractivity (Wildman–Crippen MR) is 131 cm³/mol. The summed E-state index contributed by atoms with van der Waals surface area (Å²) in [5.41, 5.74) is -0.0525. The number of aromatic nitrogens is 1. The minimum Gasteiger partial charge on any atom is -0.493 e. The van der Waals surface area contributed by atoms with Crippen LogP contribution in [-0.4, -0.2) is 68.9 Å². The highest BCUT2D eigenvalue weighted by Crippen LogP contribution is 2.38. The summed E-state index contributed by atoms with van der Waals surface area (Å²) < 4.78 is 23.5. The van der Waals surface area contributed by atoms with Crippen molar-refractivity contribution in [2.45, 2.75) is 59.0 Å². The molecule has 8 nitrogen and oxygen atoms in total. The maximum absolute atomic E-state index is 13.3. The second-order valence-electron chi connectivity index (χ2n) is 9.98. The number of rotatable bonds is 7. The van der Waals surface area contributed by atoms with Crippen LogP contribution in [0.3, 0.4) is 0 Å². The zero-order chi connectivity index (χ0) is 25.1. The molecule has 2 radical (unpaired) electrons. The van der Waals surface area contributed by atoms with E-state index in [9.17, 15) is 9.59 Å². The molecule has 34 heavy (non-hydrogen) atoms. The van der Waals surface area contributed by atoms with E-state index in [0.29, 0.717) is 29.0 Å². The smallest absolute Gasteiger partial charge is 0.419 e. The Morgan fingerprint density at radius 2 is 1.71 bits per heavy atom. The Balaban J connectivity index is 1.96. The van der Waals surface area contributed by atoms with E-state index in [1.807, 2.05) is 4.81 Å². The molecule has 1 aromatic carbocycles. The number of hydrogen-bond acceptors (Lipinski definition) is 7. The number of carbonyl (C=O) groups excluding carboxylic acids is 2. The number of carbonyl (C=O) groups is 2. The van der Waals surface area contributed by atoms with Crippen molar-refractivity contribution in [2.24, 2.45) is 5.41 Å². The average molecular weight is 470 g/mol. The molecule has 2 aromatic rings. The van der Waals surface area contributed by atoms with Gasteiger partial charge in [-0.2, -0.15) is 0 Å². The van der Waals surface area contributed by atoms with Crippen molar-refractivity contribution in [2.75, 3.05) is 33.9 Å². The molecule has 0 N–H and O–H groups in total. The molecule has 1 aliphatic heterocycles. The minimum atomic E-state index is -0.699. The van der Waals surface area contributed by atoms with Crippen molar-refractivity contribution in [3.8, 4) is 11.5 Å². The minimum absolute atomic E-state index is 0.0925. The van der Waals surface area contributed by atoms with Crippen LogP contribution in [0.5, 0.6) is 11.5 Å². The van der Waals surface area contributed by atoms with Gasteiger partial charge in [0.15, 0.2) is 19.5 Å². The Morgan fingerprint density at radius 3 is 2.26 bits per heavy atom. The summed E-state index contributed by atoms with van der Waals surface area (Å²) in [4.78, 5) is 28.0. The molecule has 1 saturated heterocycles. The average Bonchev–Trinajstić information content (AvgIpc) is 3.16. The van der Waals surface area contributed by atoms with Gasteiger partial charge in [-0.05, 0) is 59.2 Å². The van der Waals surface area contributed by atoms with Crippen LogP contribution in [0.15, 0.2) is 18.3 Å². The first-order valence-electron chi connectivity index (χ1n) is 11.7. The number of fused-ring (bicyclic) bond motifs is 1. The van der Waals surface area contributed by atoms with Gasteiger partial charge in [0, 0.05) is 23.1 Å². The summed E-state index contributed by atoms with van der Waals surface area (Å²) in [6.07, 6.45) is 4.57. The summed E-state index contributed by atoms with van der Waals surface area (Å²) in [7, 11) is 8.98. The molecule has 0 spiro atoms. The maximum atomic E-state index is 13.3. The number of hydrogen-bond donors (Lipinski definition) is 0. The highest BCUT2D eigenvalue weighted by Gasteiger charge is 2.35. The quantitative estimate of drug-likeness (QED) is 0.434. The molecule has 9 heteroatoms. The molecule has 0 atom stereocenters. The lowest BCUT2D eigenvalue weighted by atomic mass is 9.75. The molecule has 0 unspecified atom stereocenters. The molecule has 0 amide bonds. The fraction of sp³-hybridized carbons (Fsp3) is 0.600. The number of methoxy groups -OCH3 is 2. The van der Waals surface area contributed by atoms with Gasteiger partial charge in [0.25, 0.3) is 0 Å². The fourth-order valence-corrected chi connectivity index (χ4v) is 4.47. The molecule has 0 aliphatic carbocycles. The van der Waals surface area contributed by atoms with Crippen LogP contribution in [0.2, 0.25) is 0 Å². The summed E-state index contributed by atoms with van der Waals surface area (Å²) in [6, 6.07) is 3.34. The first kappa shape index (κ1) is 25.9. The third kappa shape index (κ3) is 5.69. The first-order chi connectivity index (χ1) is 16.0. The van der Waals surface area contributed by atoms with E-state index in [-0.39, 0.29) is 11.0 Å². The predicted octanol–water partition coefficient (Wildman–Crippen LogP) is 4.56. The van der Waals surface area contributed by atoms with Crippen molar-refractivity contribution in [1.29, 1.82) is 0 Å². The van der Waals surface area contributed by atoms with Gasteiger partial charge in [-0.1, -0.05) is 13.3 Å². The van der Waals surface area contributed by atoms with E-state index < -0.39 is 17.7 Å². The van der Waals surface area contributed by atoms with Crippen LogP contribution >= 0.6 is 0 Å². The number of ether oxygens (including phenoxy) is 4. The van der Waals surface area contributed by atoms with E-state index in [1.54, 1.807) is 32.9 Å². The van der Waals surface area contributed by atoms with E-state index in [2.05, 4.69) is 6.92 Å². The van der Waals surface area contributed by atoms with Crippen molar-refractivity contribution >= 4 is 30.9 Å². The lowest BCUT2D eigenvalue weighted by Gasteiger charge is -2.40. The zero-order valence-electron chi connectivity index (χ0n) is 21.1. The Morgan fingerprint density at radius 1 is 1.09 bits per heavy atom. The monoisotopic (exact) mass is 470 g/mol. The Bertz CT molecular complexity index is 1030. The molecule has 1 aliphatic rings. The highest BCUT2D eigenvalue weighted by atomic mass is 16.6. The molecule has 0 saturated carbocycles. The second kappa shape index (κ2) is 10.3. The zero-order valence-corrected chi connectivity index (χ0v) is 21.1. The topological polar surface area (TPSA) is 79.2 Å². The van der Waals surface area contributed by atoms with Crippen LogP contribution in [0.1, 0.15) is 63.7 Å². The SMILES string of the molecule is [B]N1CCC(CCC)(COC(=O)c2cn(C(=O)OC(C)(C)C)c3cc(OC)c(OC)cc23)CC1. The normalized spacial score (nSPS) is 16.3. The van der Waals surface area contributed by atoms with Crippen molar-refractivity contribution in [3.63, 3.8) is 0 Å². The van der Waals surface area contributed by atoms with Gasteiger partial charge in [0.05, 0.1) is 31.9 Å². The number of benzene rings is 1. The third-order valence-corrected chi connectivity index (χ3v) is 6.27. The van der Waals surface area contributed by atoms with Crippen LogP contribution in [-0.2, 0) is 9.47 Å². The van der Waals surface area contributed by atoms with Crippen molar-refractivity contribution < 1.29 is 28.5 Å². The lowest BCUT2D eigenvalue weighted by Crippen LogP contribution is -2.41. The number of nitrogens with zero attached hydrogens (tertiary/aromatic N) is 2. The van der Waals surface area contributed by atoms with E-state index in [4.69, 9.17) is 26.9 Å². The Labute approximate surface area is 202 Å². The largest absolute Gasteiger partial charge is 0.493 e. The third-order valence-electron chi connectivity index (χ3n) is 6.27. The lowest BCUT2D eigenvalue weighted by molar-refractivity contribution is 0.0106. The molecular weight excluding hydrogens is 435 g/mol. The van der Waals surface area contributed by atoms with Gasteiger partial charge < -0.3 is 23.8 Å². The standard InChI is InChI=1S/C25H35BN2O6/c1-7-8-25(9-11-27(26)12-10-25)16-33-22(29)18-15-28(23(30)34-24(2,3)4)19-14-21(32-6)20(31-5)13-17(18)19/h13-15H,7-12,16H2,1-6H3. The van der Waals surface area contributed by atoms with Crippen LogP contribution < -0.4 is 9.47 Å². The van der Waals surface area contributed by atoms with Crippen LogP contribution in [0, 0.1) is 5.41 Å². The van der Waals surface area contributed by atoms with Gasteiger partial charge >= 0.3 is 12.1 Å². The van der Waals surface area contributed by atoms with Crippen LogP contribution in [0.4, 0.5) is 4.79 Å². The summed E-state index contributed by atoms with van der Waals surface area (Å²) in [5, 5.41) is 0.523. The van der Waals surface area contributed by atoms with Crippen LogP contribution in [0.25, 0.3) is 10.9 Å². The van der Waals surface area contributed by atoms with Gasteiger partial charge in [0.2, 0.25) is 0 Å². The summed E-state index contributed by atoms with van der Waals surface area (Å²) >= 11 is 0. The Hall–Kier alpha value is -2.68. The van der Waals surface area contributed by atoms with E-state index in [0.717, 1.165) is 38.8 Å². The van der Waals surface area contributed by atoms with E-state index in [1.165, 1.54) is 25.0 Å². The number of piperidine rings is 1. The molecule has 0 bridgehead atoms. The molecule has 1 aromatic heterocycles. The highest BCUT2D eigenvalue weighted by molar-refractivity contribution is 6.07. The van der Waals surface area contributed by atoms with E-state index >= 15 is 0 Å². The van der Waals surface area contributed by atoms with Gasteiger partial charge in [-0.25, -0.2) is 9.59 Å². The van der Waals surface area contributed by atoms with Crippen molar-refractivity contribution in [3.05, 3.63) is 23.9 Å². The summed E-state index contributed by atoms with van der Waals surface area (Å²) in [5.74, 6) is 0.391. The second-order valence-corrected chi connectivity index (χ2v) is 9.98. The Kier molecular flexibility index (Phi) is 7.86. The molecule has 184 valence electrons. The van der Waals surface area contributed by atoms with Gasteiger partial charge in [-0.15, -0.1) is 0 Å². The molecule has 3 rings (SSSR count). The number of esters is 1. The first-order valence-corrected chi connectivity index (χ1v) is 11.7. The van der Waals surface area contributed by atoms with Gasteiger partial charge in [0.1, 0.15) is 5.60 Å². The van der Waals surface area contributed by atoms with Gasteiger partial charge in [-0.3, -0.25) is 4.57 Å². The van der Waals surface area contributed by atoms with Crippen molar-refractivity contribution in [1.82, 2.24) is 9.38 Å². The maximum Gasteiger partial charge on any atom is 0.419 e. The molecule has 1 fully saturated rings. The molecular formula is C25H35BN2O6. The summed E-state index contributed by atoms with van der Waals surface area (Å²) in [6.45, 7) is 9.34.